The van der Waals surface area contributed by atoms with Gasteiger partial charge in [-0.15, -0.1) is 0 Å². The van der Waals surface area contributed by atoms with E-state index in [9.17, 15) is 0 Å². The van der Waals surface area contributed by atoms with Gasteiger partial charge in [-0.2, -0.15) is 0 Å². The molecule has 1 atom stereocenters. The summed E-state index contributed by atoms with van der Waals surface area (Å²) in [5.41, 5.74) is 5.64. The molecule has 17 heavy (non-hydrogen) atoms. The third kappa shape index (κ3) is 2.81. The highest BCUT2D eigenvalue weighted by molar-refractivity contribution is 5.57. The van der Waals surface area contributed by atoms with Crippen LogP contribution >= 0.6 is 0 Å². The highest BCUT2D eigenvalue weighted by Crippen LogP contribution is 2.25. The van der Waals surface area contributed by atoms with Gasteiger partial charge < -0.3 is 10.2 Å². The number of anilines is 1. The van der Waals surface area contributed by atoms with Gasteiger partial charge in [0.15, 0.2) is 0 Å². The van der Waals surface area contributed by atoms with Gasteiger partial charge in [0, 0.05) is 25.8 Å². The number of nitrogens with zero attached hydrogens (tertiary/aromatic N) is 1. The summed E-state index contributed by atoms with van der Waals surface area (Å²) in [6.45, 7) is 5.62. The number of rotatable bonds is 3. The largest absolute Gasteiger partial charge is 0.377 e. The lowest BCUT2D eigenvalue weighted by Crippen LogP contribution is -2.24. The molecule has 0 amide bonds. The fourth-order valence-corrected chi connectivity index (χ4v) is 2.71. The van der Waals surface area contributed by atoms with E-state index in [4.69, 9.17) is 0 Å². The molecule has 0 saturated carbocycles. The van der Waals surface area contributed by atoms with Gasteiger partial charge in [0.2, 0.25) is 0 Å². The molecule has 1 fully saturated rings. The van der Waals surface area contributed by atoms with Crippen molar-refractivity contribution in [3.05, 3.63) is 28.8 Å². The standard InChI is InChI=1S/C15H24N2/c1-11-8-13(9-14-6-5-7-16-14)10-15(12(11)2)17(3)4/h8,10,14,16H,5-7,9H2,1-4H3. The van der Waals surface area contributed by atoms with Crippen LogP contribution in [0, 0.1) is 13.8 Å². The number of aryl methyl sites for hydroxylation is 1. The fraction of sp³-hybridized carbons (Fsp3) is 0.600. The Hall–Kier alpha value is -1.02. The summed E-state index contributed by atoms with van der Waals surface area (Å²) in [7, 11) is 4.25. The summed E-state index contributed by atoms with van der Waals surface area (Å²) in [4.78, 5) is 2.22. The van der Waals surface area contributed by atoms with Gasteiger partial charge in [-0.25, -0.2) is 0 Å². The molecule has 0 aliphatic carbocycles. The minimum absolute atomic E-state index is 0.687. The first kappa shape index (κ1) is 12.4. The van der Waals surface area contributed by atoms with Crippen molar-refractivity contribution in [3.8, 4) is 0 Å². The molecule has 0 aromatic heterocycles. The lowest BCUT2D eigenvalue weighted by Gasteiger charge is -2.20. The van der Waals surface area contributed by atoms with Crippen molar-refractivity contribution in [3.63, 3.8) is 0 Å². The molecule has 1 aliphatic rings. The maximum Gasteiger partial charge on any atom is 0.0396 e. The topological polar surface area (TPSA) is 15.3 Å². The second kappa shape index (κ2) is 5.09. The Balaban J connectivity index is 2.22. The lowest BCUT2D eigenvalue weighted by atomic mass is 9.98. The molecule has 94 valence electrons. The zero-order valence-electron chi connectivity index (χ0n) is 11.5. The van der Waals surface area contributed by atoms with Crippen LogP contribution in [-0.2, 0) is 6.42 Å². The summed E-state index contributed by atoms with van der Waals surface area (Å²) >= 11 is 0. The van der Waals surface area contributed by atoms with Crippen LogP contribution in [0.1, 0.15) is 29.5 Å². The number of hydrogen-bond donors (Lipinski definition) is 1. The second-order valence-electron chi connectivity index (χ2n) is 5.45. The zero-order valence-corrected chi connectivity index (χ0v) is 11.5. The Morgan fingerprint density at radius 1 is 1.29 bits per heavy atom. The third-order valence-corrected chi connectivity index (χ3v) is 3.83. The van der Waals surface area contributed by atoms with Crippen LogP contribution in [0.5, 0.6) is 0 Å². The van der Waals surface area contributed by atoms with Gasteiger partial charge in [0.05, 0.1) is 0 Å². The lowest BCUT2D eigenvalue weighted by molar-refractivity contribution is 0.603. The first-order valence-corrected chi connectivity index (χ1v) is 6.59. The van der Waals surface area contributed by atoms with E-state index in [1.165, 1.54) is 48.2 Å². The molecule has 1 aliphatic heterocycles. The molecule has 1 heterocycles. The maximum absolute atomic E-state index is 3.57. The Kier molecular flexibility index (Phi) is 3.72. The molecular weight excluding hydrogens is 208 g/mol. The molecular formula is C15H24N2. The van der Waals surface area contributed by atoms with Gasteiger partial charge >= 0.3 is 0 Å². The number of nitrogens with one attached hydrogen (secondary N) is 1. The van der Waals surface area contributed by atoms with E-state index in [2.05, 4.69) is 50.3 Å². The smallest absolute Gasteiger partial charge is 0.0396 e. The van der Waals surface area contributed by atoms with Gasteiger partial charge in [0.25, 0.3) is 0 Å². The van der Waals surface area contributed by atoms with Crippen molar-refractivity contribution in [2.75, 3.05) is 25.5 Å². The fourth-order valence-electron chi connectivity index (χ4n) is 2.71. The van der Waals surface area contributed by atoms with Crippen LogP contribution in [0.15, 0.2) is 12.1 Å². The predicted molar refractivity (Wildman–Crippen MR) is 75.0 cm³/mol. The summed E-state index contributed by atoms with van der Waals surface area (Å²) in [5, 5.41) is 3.57. The number of hydrogen-bond acceptors (Lipinski definition) is 2. The summed E-state index contributed by atoms with van der Waals surface area (Å²) in [5.74, 6) is 0. The van der Waals surface area contributed by atoms with E-state index >= 15 is 0 Å². The van der Waals surface area contributed by atoms with Crippen LogP contribution in [-0.4, -0.2) is 26.7 Å². The van der Waals surface area contributed by atoms with Crippen molar-refractivity contribution >= 4 is 5.69 Å². The van der Waals surface area contributed by atoms with Crippen molar-refractivity contribution in [2.45, 2.75) is 39.2 Å². The minimum atomic E-state index is 0.687. The summed E-state index contributed by atoms with van der Waals surface area (Å²) in [6, 6.07) is 5.39. The Bertz CT molecular complexity index is 390. The Morgan fingerprint density at radius 2 is 2.06 bits per heavy atom. The molecule has 2 rings (SSSR count). The monoisotopic (exact) mass is 232 g/mol. The first-order valence-electron chi connectivity index (χ1n) is 6.59. The summed E-state index contributed by atoms with van der Waals surface area (Å²) in [6.07, 6.45) is 3.82. The van der Waals surface area contributed by atoms with E-state index < -0.39 is 0 Å². The quantitative estimate of drug-likeness (QED) is 0.862. The summed E-state index contributed by atoms with van der Waals surface area (Å²) < 4.78 is 0. The maximum atomic E-state index is 3.57. The van der Waals surface area contributed by atoms with E-state index in [-0.39, 0.29) is 0 Å². The van der Waals surface area contributed by atoms with Gasteiger partial charge in [-0.3, -0.25) is 0 Å². The SMILES string of the molecule is Cc1cc(CC2CCCN2)cc(N(C)C)c1C. The first-order chi connectivity index (χ1) is 8.08. The molecule has 0 radical (unpaired) electrons. The highest BCUT2D eigenvalue weighted by Gasteiger charge is 2.15. The predicted octanol–water partition coefficient (Wildman–Crippen LogP) is 2.66. The molecule has 2 nitrogen and oxygen atoms in total. The van der Waals surface area contributed by atoms with Crippen molar-refractivity contribution in [2.24, 2.45) is 0 Å². The molecule has 0 bridgehead atoms. The number of benzene rings is 1. The van der Waals surface area contributed by atoms with Crippen LogP contribution in [0.4, 0.5) is 5.69 Å². The van der Waals surface area contributed by atoms with Gasteiger partial charge in [-0.05, 0) is 62.4 Å². The van der Waals surface area contributed by atoms with Crippen molar-refractivity contribution < 1.29 is 0 Å². The molecule has 1 saturated heterocycles. The van der Waals surface area contributed by atoms with Crippen LogP contribution in [0.3, 0.4) is 0 Å². The second-order valence-corrected chi connectivity index (χ2v) is 5.45. The highest BCUT2D eigenvalue weighted by atomic mass is 15.1. The van der Waals surface area contributed by atoms with Crippen LogP contribution < -0.4 is 10.2 Å². The van der Waals surface area contributed by atoms with E-state index in [1.54, 1.807) is 0 Å². The third-order valence-electron chi connectivity index (χ3n) is 3.83. The zero-order chi connectivity index (χ0) is 12.4. The average molecular weight is 232 g/mol. The molecule has 1 aromatic rings. The average Bonchev–Trinajstić information content (AvgIpc) is 2.75. The van der Waals surface area contributed by atoms with Crippen molar-refractivity contribution in [1.82, 2.24) is 5.32 Å². The normalized spacial score (nSPS) is 19.6. The Morgan fingerprint density at radius 3 is 2.65 bits per heavy atom. The minimum Gasteiger partial charge on any atom is -0.377 e. The van der Waals surface area contributed by atoms with E-state index in [0.717, 1.165) is 0 Å². The van der Waals surface area contributed by atoms with Crippen LogP contribution in [0.2, 0.25) is 0 Å². The molecule has 0 spiro atoms. The van der Waals surface area contributed by atoms with E-state index in [1.807, 2.05) is 0 Å². The van der Waals surface area contributed by atoms with Crippen LogP contribution in [0.25, 0.3) is 0 Å². The van der Waals surface area contributed by atoms with Gasteiger partial charge in [-0.1, -0.05) is 6.07 Å². The van der Waals surface area contributed by atoms with E-state index in [0.29, 0.717) is 6.04 Å². The van der Waals surface area contributed by atoms with Crippen molar-refractivity contribution in [1.29, 1.82) is 0 Å². The molecule has 1 unspecified atom stereocenters. The molecule has 2 heteroatoms. The molecule has 1 aromatic carbocycles. The molecule has 1 N–H and O–H groups in total. The Labute approximate surface area is 105 Å². The van der Waals surface area contributed by atoms with Gasteiger partial charge in [0.1, 0.15) is 0 Å².